The van der Waals surface area contributed by atoms with Crippen LogP contribution in [-0.4, -0.2) is 28.4 Å². The number of hydrogen-bond donors (Lipinski definition) is 2. The van der Waals surface area contributed by atoms with Gasteiger partial charge in [-0.3, -0.25) is 14.5 Å². The lowest BCUT2D eigenvalue weighted by atomic mass is 10.0. The number of pyridine rings is 1. The summed E-state index contributed by atoms with van der Waals surface area (Å²) in [5, 5.41) is 3.33. The molecule has 8 heteroatoms. The molecule has 2 amide bonds. The van der Waals surface area contributed by atoms with E-state index in [2.05, 4.69) is 10.3 Å². The number of rotatable bonds is 3. The number of amides is 2. The maximum atomic E-state index is 12.9. The van der Waals surface area contributed by atoms with Gasteiger partial charge in [0.1, 0.15) is 11.9 Å². The summed E-state index contributed by atoms with van der Waals surface area (Å²) in [4.78, 5) is 31.1. The third-order valence-electron chi connectivity index (χ3n) is 4.07. The normalized spacial score (nSPS) is 16.5. The Balaban J connectivity index is 1.93. The molecule has 26 heavy (non-hydrogen) atoms. The fraction of sp³-hybridized carbons (Fsp3) is 0.278. The van der Waals surface area contributed by atoms with E-state index in [9.17, 15) is 9.59 Å². The van der Waals surface area contributed by atoms with E-state index >= 15 is 0 Å². The average molecular weight is 375 g/mol. The number of nitrogens with two attached hydrogens (primary N) is 1. The fourth-order valence-corrected chi connectivity index (χ4v) is 2.79. The van der Waals surface area contributed by atoms with Crippen molar-refractivity contribution in [3.8, 4) is 5.75 Å². The second kappa shape index (κ2) is 6.49. The molecule has 7 nitrogen and oxygen atoms in total. The minimum atomic E-state index is -1.13. The third kappa shape index (κ3) is 3.30. The molecule has 3 rings (SSSR count). The zero-order chi connectivity index (χ0) is 19.1. The number of aromatic nitrogens is 1. The Morgan fingerprint density at radius 1 is 1.27 bits per heavy atom. The number of nitrogen functional groups attached to an aromatic ring is 1. The van der Waals surface area contributed by atoms with Crippen LogP contribution in [0.2, 0.25) is 5.02 Å². The first kappa shape index (κ1) is 18.0. The van der Waals surface area contributed by atoms with Gasteiger partial charge in [-0.05, 0) is 57.2 Å². The monoisotopic (exact) mass is 374 g/mol. The van der Waals surface area contributed by atoms with Crippen LogP contribution in [0.15, 0.2) is 36.4 Å². The SMILES string of the molecule is CC(C(=O)Nc1ccc(Cl)cc1)N1C(=O)C(C)(C)Oc2ccc(N)nc21. The lowest BCUT2D eigenvalue weighted by Crippen LogP contribution is -2.58. The Hall–Kier alpha value is -2.80. The number of hydrogen-bond acceptors (Lipinski definition) is 5. The molecule has 0 radical (unpaired) electrons. The predicted molar refractivity (Wildman–Crippen MR) is 100 cm³/mol. The molecule has 1 aliphatic heterocycles. The molecule has 1 atom stereocenters. The lowest BCUT2D eigenvalue weighted by molar-refractivity contribution is -0.134. The van der Waals surface area contributed by atoms with Crippen LogP contribution >= 0.6 is 11.6 Å². The summed E-state index contributed by atoms with van der Waals surface area (Å²) in [6, 6.07) is 9.11. The molecule has 1 aliphatic rings. The molecular weight excluding hydrogens is 356 g/mol. The van der Waals surface area contributed by atoms with E-state index in [-0.39, 0.29) is 23.5 Å². The standard InChI is InChI=1S/C18H19ClN4O3/c1-10(16(24)21-12-6-4-11(19)5-7-12)23-15-13(8-9-14(20)22-15)26-18(2,3)17(23)25/h4-10H,1-3H3,(H2,20,22)(H,21,24). The van der Waals surface area contributed by atoms with E-state index in [0.717, 1.165) is 0 Å². The smallest absolute Gasteiger partial charge is 0.272 e. The maximum absolute atomic E-state index is 12.9. The number of fused-ring (bicyclic) bond motifs is 1. The molecule has 0 saturated heterocycles. The zero-order valence-corrected chi connectivity index (χ0v) is 15.4. The molecule has 3 N–H and O–H groups in total. The van der Waals surface area contributed by atoms with Crippen LogP contribution in [0.5, 0.6) is 5.75 Å². The van der Waals surface area contributed by atoms with E-state index in [4.69, 9.17) is 22.1 Å². The van der Waals surface area contributed by atoms with Gasteiger partial charge < -0.3 is 15.8 Å². The van der Waals surface area contributed by atoms with Gasteiger partial charge in [0.05, 0.1) is 0 Å². The summed E-state index contributed by atoms with van der Waals surface area (Å²) in [7, 11) is 0. The summed E-state index contributed by atoms with van der Waals surface area (Å²) < 4.78 is 5.72. The van der Waals surface area contributed by atoms with Crippen molar-refractivity contribution in [3.05, 3.63) is 41.4 Å². The number of anilines is 3. The molecule has 0 bridgehead atoms. The highest BCUT2D eigenvalue weighted by molar-refractivity contribution is 6.30. The van der Waals surface area contributed by atoms with Crippen LogP contribution in [0.3, 0.4) is 0 Å². The van der Waals surface area contributed by atoms with E-state index in [1.807, 2.05) is 0 Å². The molecule has 136 valence electrons. The first-order valence-corrected chi connectivity index (χ1v) is 8.42. The number of carbonyl (C=O) groups excluding carboxylic acids is 2. The first-order chi connectivity index (χ1) is 12.2. The third-order valence-corrected chi connectivity index (χ3v) is 4.32. The van der Waals surface area contributed by atoms with Crippen molar-refractivity contribution in [1.29, 1.82) is 0 Å². The van der Waals surface area contributed by atoms with E-state index in [1.54, 1.807) is 57.2 Å². The number of ether oxygens (including phenoxy) is 1. The van der Waals surface area contributed by atoms with Gasteiger partial charge in [0.2, 0.25) is 5.91 Å². The van der Waals surface area contributed by atoms with Gasteiger partial charge in [-0.15, -0.1) is 0 Å². The quantitative estimate of drug-likeness (QED) is 0.860. The highest BCUT2D eigenvalue weighted by Gasteiger charge is 2.45. The molecule has 1 unspecified atom stereocenters. The Morgan fingerprint density at radius 2 is 1.92 bits per heavy atom. The minimum absolute atomic E-state index is 0.230. The van der Waals surface area contributed by atoms with Gasteiger partial charge in [0.15, 0.2) is 17.2 Å². The van der Waals surface area contributed by atoms with Gasteiger partial charge in [0.25, 0.3) is 5.91 Å². The van der Waals surface area contributed by atoms with Crippen LogP contribution in [0.1, 0.15) is 20.8 Å². The molecule has 2 heterocycles. The number of nitrogens with zero attached hydrogens (tertiary/aromatic N) is 2. The number of nitrogens with one attached hydrogen (secondary N) is 1. The largest absolute Gasteiger partial charge is 0.474 e. The molecule has 0 aliphatic carbocycles. The Labute approximate surface area is 156 Å². The molecule has 1 aromatic carbocycles. The topological polar surface area (TPSA) is 97.5 Å². The van der Waals surface area contributed by atoms with Crippen molar-refractivity contribution in [2.75, 3.05) is 16.0 Å². The van der Waals surface area contributed by atoms with Crippen molar-refractivity contribution >= 4 is 40.7 Å². The van der Waals surface area contributed by atoms with E-state index in [1.165, 1.54) is 4.90 Å². The van der Waals surface area contributed by atoms with E-state index in [0.29, 0.717) is 16.5 Å². The minimum Gasteiger partial charge on any atom is -0.474 e. The summed E-state index contributed by atoms with van der Waals surface area (Å²) in [5.74, 6) is 0.119. The average Bonchev–Trinajstić information content (AvgIpc) is 2.58. The lowest BCUT2D eigenvalue weighted by Gasteiger charge is -2.40. The van der Waals surface area contributed by atoms with Crippen molar-refractivity contribution in [2.24, 2.45) is 0 Å². The van der Waals surface area contributed by atoms with Crippen molar-refractivity contribution < 1.29 is 14.3 Å². The van der Waals surface area contributed by atoms with Gasteiger partial charge in [-0.25, -0.2) is 4.98 Å². The first-order valence-electron chi connectivity index (χ1n) is 8.04. The number of carbonyl (C=O) groups is 2. The number of benzene rings is 1. The highest BCUT2D eigenvalue weighted by Crippen LogP contribution is 2.38. The van der Waals surface area contributed by atoms with E-state index < -0.39 is 11.6 Å². The molecule has 0 saturated carbocycles. The number of halogens is 1. The Morgan fingerprint density at radius 3 is 2.58 bits per heavy atom. The second-order valence-electron chi connectivity index (χ2n) is 6.52. The molecule has 0 spiro atoms. The van der Waals surface area contributed by atoms with Crippen molar-refractivity contribution in [1.82, 2.24) is 4.98 Å². The summed E-state index contributed by atoms with van der Waals surface area (Å²) >= 11 is 5.85. The van der Waals surface area contributed by atoms with Crippen LogP contribution in [0, 0.1) is 0 Å². The maximum Gasteiger partial charge on any atom is 0.272 e. The van der Waals surface area contributed by atoms with Crippen molar-refractivity contribution in [3.63, 3.8) is 0 Å². The highest BCUT2D eigenvalue weighted by atomic mass is 35.5. The van der Waals surface area contributed by atoms with Crippen LogP contribution in [0.4, 0.5) is 17.3 Å². The summed E-state index contributed by atoms with van der Waals surface area (Å²) in [6.45, 7) is 4.91. The van der Waals surface area contributed by atoms with Gasteiger partial charge in [0, 0.05) is 10.7 Å². The molecular formula is C18H19ClN4O3. The van der Waals surface area contributed by atoms with Gasteiger partial charge >= 0.3 is 0 Å². The van der Waals surface area contributed by atoms with Gasteiger partial charge in [-0.2, -0.15) is 0 Å². The Kier molecular flexibility index (Phi) is 4.50. The second-order valence-corrected chi connectivity index (χ2v) is 6.95. The van der Waals surface area contributed by atoms with Crippen LogP contribution < -0.4 is 20.7 Å². The van der Waals surface area contributed by atoms with Crippen LogP contribution in [0.25, 0.3) is 0 Å². The zero-order valence-electron chi connectivity index (χ0n) is 14.6. The Bertz CT molecular complexity index is 867. The molecule has 1 aromatic heterocycles. The van der Waals surface area contributed by atoms with Crippen LogP contribution in [-0.2, 0) is 9.59 Å². The molecule has 2 aromatic rings. The summed E-state index contributed by atoms with van der Waals surface area (Å²) in [6.07, 6.45) is 0. The predicted octanol–water partition coefficient (Wildman–Crippen LogP) is 2.85. The fourth-order valence-electron chi connectivity index (χ4n) is 2.66. The summed E-state index contributed by atoms with van der Waals surface area (Å²) in [5.41, 5.74) is 5.20. The van der Waals surface area contributed by atoms with Gasteiger partial charge in [-0.1, -0.05) is 11.6 Å². The van der Waals surface area contributed by atoms with Crippen molar-refractivity contribution in [2.45, 2.75) is 32.4 Å². The molecule has 0 fully saturated rings.